The van der Waals surface area contributed by atoms with E-state index in [9.17, 15) is 4.39 Å². The summed E-state index contributed by atoms with van der Waals surface area (Å²) < 4.78 is 13.4. The highest BCUT2D eigenvalue weighted by molar-refractivity contribution is 6.31. The number of hydrogen-bond donors (Lipinski definition) is 1. The molecule has 0 aliphatic heterocycles. The van der Waals surface area contributed by atoms with Gasteiger partial charge in [0.15, 0.2) is 0 Å². The molecule has 1 aromatic carbocycles. The van der Waals surface area contributed by atoms with E-state index in [0.717, 1.165) is 13.0 Å². The summed E-state index contributed by atoms with van der Waals surface area (Å²) in [5.74, 6) is 0.701. The van der Waals surface area contributed by atoms with Crippen LogP contribution in [-0.4, -0.2) is 13.6 Å². The average molecular weight is 214 g/mol. The van der Waals surface area contributed by atoms with Crippen LogP contribution in [0.25, 0.3) is 0 Å². The lowest BCUT2D eigenvalue weighted by atomic mass is 10.1. The van der Waals surface area contributed by atoms with Crippen molar-refractivity contribution >= 4 is 11.6 Å². The smallest absolute Gasteiger partial charge is 0.128 e. The molecule has 1 aliphatic rings. The fraction of sp³-hybridized carbons (Fsp3) is 0.455. The van der Waals surface area contributed by atoms with E-state index in [2.05, 4.69) is 5.32 Å². The van der Waals surface area contributed by atoms with Gasteiger partial charge in [-0.25, -0.2) is 4.39 Å². The van der Waals surface area contributed by atoms with E-state index in [4.69, 9.17) is 11.6 Å². The molecule has 0 aromatic heterocycles. The molecule has 14 heavy (non-hydrogen) atoms. The van der Waals surface area contributed by atoms with E-state index < -0.39 is 0 Å². The van der Waals surface area contributed by atoms with Crippen molar-refractivity contribution in [2.75, 3.05) is 13.6 Å². The predicted octanol–water partition coefficient (Wildman–Crippen LogP) is 2.80. The van der Waals surface area contributed by atoms with Gasteiger partial charge >= 0.3 is 0 Å². The monoisotopic (exact) mass is 213 g/mol. The minimum Gasteiger partial charge on any atom is -0.319 e. The van der Waals surface area contributed by atoms with Crippen LogP contribution >= 0.6 is 11.6 Å². The Bertz CT molecular complexity index is 320. The van der Waals surface area contributed by atoms with E-state index in [1.54, 1.807) is 12.1 Å². The van der Waals surface area contributed by atoms with Crippen molar-refractivity contribution in [2.24, 2.45) is 5.92 Å². The third-order valence-corrected chi connectivity index (χ3v) is 3.09. The van der Waals surface area contributed by atoms with Crippen LogP contribution in [0, 0.1) is 11.7 Å². The molecule has 76 valence electrons. The molecule has 0 unspecified atom stereocenters. The van der Waals surface area contributed by atoms with Crippen molar-refractivity contribution < 1.29 is 4.39 Å². The van der Waals surface area contributed by atoms with E-state index in [0.29, 0.717) is 22.4 Å². The summed E-state index contributed by atoms with van der Waals surface area (Å²) in [6.45, 7) is 0.940. The van der Waals surface area contributed by atoms with E-state index >= 15 is 0 Å². The highest BCUT2D eigenvalue weighted by Crippen LogP contribution is 2.49. The summed E-state index contributed by atoms with van der Waals surface area (Å²) in [6, 6.07) is 4.89. The summed E-state index contributed by atoms with van der Waals surface area (Å²) >= 11 is 5.97. The van der Waals surface area contributed by atoms with Gasteiger partial charge in [0.25, 0.3) is 0 Å². The molecule has 2 atom stereocenters. The normalized spacial score (nSPS) is 25.1. The van der Waals surface area contributed by atoms with Gasteiger partial charge in [0.1, 0.15) is 5.82 Å². The molecule has 1 aromatic rings. The van der Waals surface area contributed by atoms with Crippen molar-refractivity contribution in [1.82, 2.24) is 5.32 Å². The Morgan fingerprint density at radius 3 is 3.00 bits per heavy atom. The maximum Gasteiger partial charge on any atom is 0.128 e. The minimum atomic E-state index is -0.166. The van der Waals surface area contributed by atoms with Crippen molar-refractivity contribution in [3.8, 4) is 0 Å². The summed E-state index contributed by atoms with van der Waals surface area (Å²) in [5.41, 5.74) is 0.703. The fourth-order valence-electron chi connectivity index (χ4n) is 1.95. The first-order valence-corrected chi connectivity index (χ1v) is 5.20. The van der Waals surface area contributed by atoms with Gasteiger partial charge in [-0.15, -0.1) is 0 Å². The van der Waals surface area contributed by atoms with Crippen LogP contribution in [0.15, 0.2) is 18.2 Å². The summed E-state index contributed by atoms with van der Waals surface area (Å²) in [6.07, 6.45) is 1.04. The molecule has 0 spiro atoms. The second kappa shape index (κ2) is 3.87. The molecule has 1 saturated carbocycles. The Morgan fingerprint density at radius 1 is 1.57 bits per heavy atom. The summed E-state index contributed by atoms with van der Waals surface area (Å²) in [5, 5.41) is 3.67. The first-order chi connectivity index (χ1) is 6.74. The van der Waals surface area contributed by atoms with Crippen LogP contribution in [0.4, 0.5) is 4.39 Å². The zero-order valence-electron chi connectivity index (χ0n) is 8.06. The molecular formula is C11H13ClFN. The molecule has 0 saturated heterocycles. The molecule has 1 aliphatic carbocycles. The van der Waals surface area contributed by atoms with Crippen LogP contribution in [0.2, 0.25) is 5.02 Å². The van der Waals surface area contributed by atoms with Gasteiger partial charge < -0.3 is 5.32 Å². The first-order valence-electron chi connectivity index (χ1n) is 4.82. The second-order valence-corrected chi connectivity index (χ2v) is 4.20. The first kappa shape index (κ1) is 9.94. The van der Waals surface area contributed by atoms with Gasteiger partial charge in [0.2, 0.25) is 0 Å². The Balaban J connectivity index is 2.18. The van der Waals surface area contributed by atoms with Gasteiger partial charge in [0, 0.05) is 10.6 Å². The number of nitrogens with one attached hydrogen (secondary N) is 1. The molecule has 1 fully saturated rings. The minimum absolute atomic E-state index is 0.166. The van der Waals surface area contributed by atoms with Gasteiger partial charge in [-0.2, -0.15) is 0 Å². The van der Waals surface area contributed by atoms with Crippen molar-refractivity contribution in [3.05, 3.63) is 34.6 Å². The third kappa shape index (κ3) is 1.77. The Kier molecular flexibility index (Phi) is 2.75. The van der Waals surface area contributed by atoms with Crippen LogP contribution in [0.3, 0.4) is 0 Å². The van der Waals surface area contributed by atoms with Gasteiger partial charge in [-0.1, -0.05) is 17.7 Å². The summed E-state index contributed by atoms with van der Waals surface area (Å²) in [7, 11) is 1.92. The number of benzene rings is 1. The van der Waals surface area contributed by atoms with Crippen molar-refractivity contribution in [1.29, 1.82) is 0 Å². The highest BCUT2D eigenvalue weighted by Gasteiger charge is 2.40. The molecule has 0 amide bonds. The second-order valence-electron chi connectivity index (χ2n) is 3.80. The number of halogens is 2. The van der Waals surface area contributed by atoms with E-state index in [1.807, 2.05) is 7.05 Å². The van der Waals surface area contributed by atoms with Gasteiger partial charge in [0.05, 0.1) is 0 Å². The molecule has 3 heteroatoms. The molecule has 2 rings (SSSR count). The van der Waals surface area contributed by atoms with Crippen LogP contribution in [0.5, 0.6) is 0 Å². The van der Waals surface area contributed by atoms with Crippen LogP contribution in [0.1, 0.15) is 17.9 Å². The molecule has 1 N–H and O–H groups in total. The topological polar surface area (TPSA) is 12.0 Å². The van der Waals surface area contributed by atoms with Crippen LogP contribution in [-0.2, 0) is 0 Å². The highest BCUT2D eigenvalue weighted by atomic mass is 35.5. The van der Waals surface area contributed by atoms with E-state index in [-0.39, 0.29) is 5.82 Å². The third-order valence-electron chi connectivity index (χ3n) is 2.76. The average Bonchev–Trinajstić information content (AvgIpc) is 2.85. The quantitative estimate of drug-likeness (QED) is 0.814. The molecule has 1 nitrogen and oxygen atoms in total. The lowest BCUT2D eigenvalue weighted by Crippen LogP contribution is -2.10. The maximum absolute atomic E-state index is 13.4. The lowest BCUT2D eigenvalue weighted by Gasteiger charge is -2.04. The molecule has 0 radical (unpaired) electrons. The van der Waals surface area contributed by atoms with Crippen molar-refractivity contribution in [2.45, 2.75) is 12.3 Å². The standard InChI is InChI=1S/C11H13ClFN/c1-14-6-7-5-8(7)11-9(12)3-2-4-10(11)13/h2-4,7-8,14H,5-6H2,1H3/t7-,8+/m0/s1. The van der Waals surface area contributed by atoms with Gasteiger partial charge in [-0.3, -0.25) is 0 Å². The maximum atomic E-state index is 13.4. The number of rotatable bonds is 3. The zero-order valence-corrected chi connectivity index (χ0v) is 8.81. The lowest BCUT2D eigenvalue weighted by molar-refractivity contribution is 0.602. The molecule has 0 bridgehead atoms. The van der Waals surface area contributed by atoms with Gasteiger partial charge in [-0.05, 0) is 44.0 Å². The van der Waals surface area contributed by atoms with E-state index in [1.165, 1.54) is 6.07 Å². The molecule has 0 heterocycles. The van der Waals surface area contributed by atoms with Crippen molar-refractivity contribution in [3.63, 3.8) is 0 Å². The Morgan fingerprint density at radius 2 is 2.36 bits per heavy atom. The number of hydrogen-bond acceptors (Lipinski definition) is 1. The Labute approximate surface area is 88.3 Å². The predicted molar refractivity (Wildman–Crippen MR) is 56.2 cm³/mol. The zero-order chi connectivity index (χ0) is 10.1. The fourth-order valence-corrected chi connectivity index (χ4v) is 2.26. The largest absolute Gasteiger partial charge is 0.319 e. The Hall–Kier alpha value is -0.600. The SMILES string of the molecule is CNC[C@@H]1C[C@H]1c1c(F)cccc1Cl. The summed E-state index contributed by atoms with van der Waals surface area (Å²) in [4.78, 5) is 0. The van der Waals surface area contributed by atoms with Crippen LogP contribution < -0.4 is 5.32 Å². The molecular weight excluding hydrogens is 201 g/mol.